The molecule has 1 aliphatic rings. The zero-order valence-corrected chi connectivity index (χ0v) is 11.5. The van der Waals surface area contributed by atoms with Crippen LogP contribution in [0.5, 0.6) is 0 Å². The van der Waals surface area contributed by atoms with Crippen molar-refractivity contribution in [2.45, 2.75) is 45.4 Å². The number of nitrogens with one attached hydrogen (secondary N) is 1. The van der Waals surface area contributed by atoms with E-state index in [4.69, 9.17) is 0 Å². The monoisotopic (exact) mass is 259 g/mol. The van der Waals surface area contributed by atoms with E-state index in [1.165, 1.54) is 38.5 Å². The van der Waals surface area contributed by atoms with E-state index < -0.39 is 0 Å². The Hall–Kier alpha value is -1.65. The molecule has 2 heterocycles. The largest absolute Gasteiger partial charge is 0.367 e. The molecule has 5 heteroatoms. The Morgan fingerprint density at radius 2 is 2.11 bits per heavy atom. The molecule has 1 saturated carbocycles. The summed E-state index contributed by atoms with van der Waals surface area (Å²) < 4.78 is 1.97. The smallest absolute Gasteiger partial charge is 0.203 e. The lowest BCUT2D eigenvalue weighted by molar-refractivity contribution is 0.345. The van der Waals surface area contributed by atoms with Crippen LogP contribution in [0.4, 0.5) is 5.82 Å². The van der Waals surface area contributed by atoms with Crippen molar-refractivity contribution in [1.82, 2.24) is 19.6 Å². The quantitative estimate of drug-likeness (QED) is 0.917. The van der Waals surface area contributed by atoms with Gasteiger partial charge in [0.1, 0.15) is 5.82 Å². The molecule has 0 bridgehead atoms. The van der Waals surface area contributed by atoms with E-state index in [0.717, 1.165) is 29.8 Å². The highest BCUT2D eigenvalue weighted by atomic mass is 15.3. The SMILES string of the molecule is Cc1nnc2c(NCCC3CCCCC3)nccn12. The van der Waals surface area contributed by atoms with Gasteiger partial charge in [-0.05, 0) is 19.3 Å². The second-order valence-electron chi connectivity index (χ2n) is 5.44. The van der Waals surface area contributed by atoms with E-state index in [0.29, 0.717) is 0 Å². The van der Waals surface area contributed by atoms with Crippen molar-refractivity contribution < 1.29 is 0 Å². The molecule has 1 N–H and O–H groups in total. The predicted molar refractivity (Wildman–Crippen MR) is 75.2 cm³/mol. The van der Waals surface area contributed by atoms with E-state index in [-0.39, 0.29) is 0 Å². The molecule has 0 spiro atoms. The number of anilines is 1. The molecule has 0 radical (unpaired) electrons. The zero-order valence-electron chi connectivity index (χ0n) is 11.5. The number of nitrogens with zero attached hydrogens (tertiary/aromatic N) is 4. The Balaban J connectivity index is 1.62. The second-order valence-corrected chi connectivity index (χ2v) is 5.44. The Kier molecular flexibility index (Phi) is 3.62. The maximum absolute atomic E-state index is 4.37. The first-order valence-electron chi connectivity index (χ1n) is 7.25. The molecule has 102 valence electrons. The van der Waals surface area contributed by atoms with E-state index in [1.807, 2.05) is 17.5 Å². The lowest BCUT2D eigenvalue weighted by Gasteiger charge is -2.21. The molecule has 0 saturated heterocycles. The van der Waals surface area contributed by atoms with Gasteiger partial charge in [0, 0.05) is 18.9 Å². The molecular formula is C14H21N5. The molecule has 0 aliphatic heterocycles. The highest BCUT2D eigenvalue weighted by Gasteiger charge is 2.13. The van der Waals surface area contributed by atoms with E-state index in [1.54, 1.807) is 6.20 Å². The summed E-state index contributed by atoms with van der Waals surface area (Å²) in [5.74, 6) is 2.63. The average molecular weight is 259 g/mol. The Morgan fingerprint density at radius 1 is 1.26 bits per heavy atom. The summed E-state index contributed by atoms with van der Waals surface area (Å²) >= 11 is 0. The third kappa shape index (κ3) is 2.69. The van der Waals surface area contributed by atoms with Crippen LogP contribution in [0, 0.1) is 12.8 Å². The van der Waals surface area contributed by atoms with Crippen molar-refractivity contribution in [3.63, 3.8) is 0 Å². The van der Waals surface area contributed by atoms with Crippen LogP contribution < -0.4 is 5.32 Å². The Labute approximate surface area is 113 Å². The highest BCUT2D eigenvalue weighted by molar-refractivity contribution is 5.61. The fourth-order valence-corrected chi connectivity index (χ4v) is 2.94. The van der Waals surface area contributed by atoms with Gasteiger partial charge >= 0.3 is 0 Å². The minimum atomic E-state index is 0.823. The number of hydrogen-bond acceptors (Lipinski definition) is 4. The Morgan fingerprint density at radius 3 is 2.95 bits per heavy atom. The summed E-state index contributed by atoms with van der Waals surface area (Å²) in [7, 11) is 0. The van der Waals surface area contributed by atoms with Gasteiger partial charge in [0.2, 0.25) is 5.65 Å². The maximum atomic E-state index is 4.37. The van der Waals surface area contributed by atoms with Crippen LogP contribution >= 0.6 is 0 Å². The van der Waals surface area contributed by atoms with Gasteiger partial charge in [-0.15, -0.1) is 10.2 Å². The summed E-state index contributed by atoms with van der Waals surface area (Å²) in [4.78, 5) is 4.37. The fraction of sp³-hybridized carbons (Fsp3) is 0.643. The third-order valence-electron chi connectivity index (χ3n) is 4.07. The normalized spacial score (nSPS) is 16.9. The van der Waals surface area contributed by atoms with Gasteiger partial charge in [0.25, 0.3) is 0 Å². The van der Waals surface area contributed by atoms with Crippen LogP contribution in [0.25, 0.3) is 5.65 Å². The number of hydrogen-bond donors (Lipinski definition) is 1. The standard InChI is InChI=1S/C14H21N5/c1-11-17-18-14-13(16-9-10-19(11)14)15-8-7-12-5-3-2-4-6-12/h9-10,12H,2-8H2,1H3,(H,15,16). The molecule has 2 aromatic rings. The van der Waals surface area contributed by atoms with Crippen LogP contribution in [-0.2, 0) is 0 Å². The minimum absolute atomic E-state index is 0.823. The summed E-state index contributed by atoms with van der Waals surface area (Å²) in [6, 6.07) is 0. The lowest BCUT2D eigenvalue weighted by atomic mass is 9.87. The number of aryl methyl sites for hydroxylation is 1. The van der Waals surface area contributed by atoms with Gasteiger partial charge < -0.3 is 5.32 Å². The topological polar surface area (TPSA) is 55.1 Å². The zero-order chi connectivity index (χ0) is 13.1. The Bertz CT molecular complexity index is 542. The van der Waals surface area contributed by atoms with Crippen molar-refractivity contribution in [2.75, 3.05) is 11.9 Å². The van der Waals surface area contributed by atoms with Crippen LogP contribution in [-0.4, -0.2) is 26.1 Å². The van der Waals surface area contributed by atoms with Crippen LogP contribution in [0.2, 0.25) is 0 Å². The van der Waals surface area contributed by atoms with Crippen molar-refractivity contribution in [3.05, 3.63) is 18.2 Å². The first kappa shape index (κ1) is 12.4. The predicted octanol–water partition coefficient (Wildman–Crippen LogP) is 2.82. The van der Waals surface area contributed by atoms with E-state index >= 15 is 0 Å². The number of fused-ring (bicyclic) bond motifs is 1. The molecule has 3 rings (SSSR count). The summed E-state index contributed by atoms with van der Waals surface area (Å²) in [5, 5.41) is 11.7. The molecule has 5 nitrogen and oxygen atoms in total. The first-order chi connectivity index (χ1) is 9.34. The summed E-state index contributed by atoms with van der Waals surface area (Å²) in [6.45, 7) is 2.93. The molecule has 0 atom stereocenters. The van der Waals surface area contributed by atoms with Crippen LogP contribution in [0.15, 0.2) is 12.4 Å². The van der Waals surface area contributed by atoms with Crippen molar-refractivity contribution in [2.24, 2.45) is 5.92 Å². The van der Waals surface area contributed by atoms with Crippen LogP contribution in [0.1, 0.15) is 44.3 Å². The molecule has 0 unspecified atom stereocenters. The molecule has 19 heavy (non-hydrogen) atoms. The van der Waals surface area contributed by atoms with Gasteiger partial charge in [-0.1, -0.05) is 32.1 Å². The average Bonchev–Trinajstić information content (AvgIpc) is 2.83. The number of aromatic nitrogens is 4. The maximum Gasteiger partial charge on any atom is 0.203 e. The molecular weight excluding hydrogens is 238 g/mol. The van der Waals surface area contributed by atoms with Crippen molar-refractivity contribution in [1.29, 1.82) is 0 Å². The summed E-state index contributed by atoms with van der Waals surface area (Å²) in [5.41, 5.74) is 0.823. The molecule has 1 fully saturated rings. The summed E-state index contributed by atoms with van der Waals surface area (Å²) in [6.07, 6.45) is 11.9. The third-order valence-corrected chi connectivity index (χ3v) is 4.07. The van der Waals surface area contributed by atoms with Crippen LogP contribution in [0.3, 0.4) is 0 Å². The van der Waals surface area contributed by atoms with Crippen molar-refractivity contribution >= 4 is 11.5 Å². The second kappa shape index (κ2) is 5.55. The number of rotatable bonds is 4. The molecule has 1 aliphatic carbocycles. The van der Waals surface area contributed by atoms with Gasteiger partial charge in [0.15, 0.2) is 5.82 Å². The minimum Gasteiger partial charge on any atom is -0.367 e. The lowest BCUT2D eigenvalue weighted by Crippen LogP contribution is -2.13. The van der Waals surface area contributed by atoms with E-state index in [9.17, 15) is 0 Å². The fourth-order valence-electron chi connectivity index (χ4n) is 2.94. The van der Waals surface area contributed by atoms with Gasteiger partial charge in [-0.2, -0.15) is 0 Å². The molecule has 0 aromatic carbocycles. The first-order valence-corrected chi connectivity index (χ1v) is 7.25. The van der Waals surface area contributed by atoms with E-state index in [2.05, 4.69) is 20.5 Å². The molecule has 0 amide bonds. The van der Waals surface area contributed by atoms with Gasteiger partial charge in [-0.25, -0.2) is 4.98 Å². The van der Waals surface area contributed by atoms with Gasteiger partial charge in [-0.3, -0.25) is 4.40 Å². The van der Waals surface area contributed by atoms with Gasteiger partial charge in [0.05, 0.1) is 0 Å². The molecule has 2 aromatic heterocycles. The highest BCUT2D eigenvalue weighted by Crippen LogP contribution is 2.26. The van der Waals surface area contributed by atoms with Crippen molar-refractivity contribution in [3.8, 4) is 0 Å².